The number of primary amides is 1. The summed E-state index contributed by atoms with van der Waals surface area (Å²) in [5.74, 6) is -5.65. The minimum atomic E-state index is -1.66. The van der Waals surface area contributed by atoms with Crippen molar-refractivity contribution in [3.8, 4) is 0 Å². The van der Waals surface area contributed by atoms with Gasteiger partial charge in [0.25, 0.3) is 0 Å². The first kappa shape index (κ1) is 30.1. The first-order valence-corrected chi connectivity index (χ1v) is 11.3. The van der Waals surface area contributed by atoms with Gasteiger partial charge in [-0.1, -0.05) is 0 Å². The zero-order valence-corrected chi connectivity index (χ0v) is 18.9. The number of hydrogen-bond acceptors (Lipinski definition) is 9. The van der Waals surface area contributed by atoms with Gasteiger partial charge in [0, 0.05) is 12.8 Å². The number of carboxylic acids is 2. The van der Waals surface area contributed by atoms with Crippen molar-refractivity contribution < 1.29 is 44.1 Å². The lowest BCUT2D eigenvalue weighted by Gasteiger charge is -2.24. The summed E-state index contributed by atoms with van der Waals surface area (Å²) in [4.78, 5) is 70.6. The number of thioether (sulfide) groups is 1. The van der Waals surface area contributed by atoms with E-state index in [0.717, 1.165) is 0 Å². The monoisotopic (exact) mass is 493 g/mol. The maximum absolute atomic E-state index is 12.8. The SMILES string of the molecule is CSCCC(N)C(=O)NC(CCC(=O)O)C(=O)NC(CCC(N)=O)C(=O)NC(CO)C(=O)O. The molecule has 0 saturated carbocycles. The Hall–Kier alpha value is -2.91. The quantitative estimate of drug-likeness (QED) is 0.0997. The second-order valence-corrected chi connectivity index (χ2v) is 8.02. The summed E-state index contributed by atoms with van der Waals surface area (Å²) in [7, 11) is 0. The van der Waals surface area contributed by atoms with Gasteiger partial charge < -0.3 is 42.7 Å². The molecule has 33 heavy (non-hydrogen) atoms. The third-order valence-corrected chi connectivity index (χ3v) is 5.00. The number of aliphatic carboxylic acids is 2. The molecule has 0 aromatic heterocycles. The highest BCUT2D eigenvalue weighted by Gasteiger charge is 2.30. The molecule has 0 aliphatic heterocycles. The van der Waals surface area contributed by atoms with Gasteiger partial charge in [-0.25, -0.2) is 4.79 Å². The van der Waals surface area contributed by atoms with Crippen molar-refractivity contribution in [2.75, 3.05) is 18.6 Å². The van der Waals surface area contributed by atoms with Crippen LogP contribution in [0.4, 0.5) is 0 Å². The van der Waals surface area contributed by atoms with Crippen LogP contribution in [0, 0.1) is 0 Å². The van der Waals surface area contributed by atoms with E-state index in [-0.39, 0.29) is 19.3 Å². The number of nitrogens with one attached hydrogen (secondary N) is 3. The van der Waals surface area contributed by atoms with E-state index < -0.39 is 72.8 Å². The number of aliphatic hydroxyl groups excluding tert-OH is 1. The standard InChI is InChI=1S/C18H31N5O9S/c1-33-7-6-9(19)15(28)21-11(3-5-14(26)27)16(29)22-10(2-4-13(20)25)17(30)23-12(8-24)18(31)32/h9-12,24H,2-8,19H2,1H3,(H2,20,25)(H,21,28)(H,22,29)(H,23,30)(H,26,27)(H,31,32). The number of hydrogen-bond donors (Lipinski definition) is 8. The van der Waals surface area contributed by atoms with E-state index >= 15 is 0 Å². The largest absolute Gasteiger partial charge is 0.481 e. The Morgan fingerprint density at radius 1 is 0.818 bits per heavy atom. The molecule has 0 aromatic rings. The first-order chi connectivity index (χ1) is 15.4. The van der Waals surface area contributed by atoms with Gasteiger partial charge in [0.1, 0.15) is 18.1 Å². The Kier molecular flexibility index (Phi) is 14.4. The van der Waals surface area contributed by atoms with E-state index in [2.05, 4.69) is 10.6 Å². The average molecular weight is 494 g/mol. The number of amides is 4. The van der Waals surface area contributed by atoms with E-state index in [1.54, 1.807) is 0 Å². The van der Waals surface area contributed by atoms with Crippen LogP contribution in [0.3, 0.4) is 0 Å². The van der Waals surface area contributed by atoms with Gasteiger partial charge in [0.2, 0.25) is 23.6 Å². The van der Waals surface area contributed by atoms with Crippen LogP contribution in [0.1, 0.15) is 32.1 Å². The van der Waals surface area contributed by atoms with E-state index in [1.807, 2.05) is 11.6 Å². The Balaban J connectivity index is 5.49. The van der Waals surface area contributed by atoms with E-state index in [0.29, 0.717) is 12.2 Å². The summed E-state index contributed by atoms with van der Waals surface area (Å²) in [6.45, 7) is -0.928. The van der Waals surface area contributed by atoms with Crippen LogP contribution in [-0.4, -0.2) is 93.7 Å². The molecular formula is C18H31N5O9S. The fourth-order valence-electron chi connectivity index (χ4n) is 2.48. The Bertz CT molecular complexity index is 721. The molecule has 10 N–H and O–H groups in total. The summed E-state index contributed by atoms with van der Waals surface area (Å²) in [6.07, 6.45) is 0.666. The maximum atomic E-state index is 12.8. The predicted octanol–water partition coefficient (Wildman–Crippen LogP) is -3.27. The summed E-state index contributed by atoms with van der Waals surface area (Å²) >= 11 is 1.46. The van der Waals surface area contributed by atoms with Gasteiger partial charge in [-0.15, -0.1) is 0 Å². The van der Waals surface area contributed by atoms with Crippen molar-refractivity contribution in [2.24, 2.45) is 11.5 Å². The predicted molar refractivity (Wildman–Crippen MR) is 117 cm³/mol. The van der Waals surface area contributed by atoms with Crippen LogP contribution in [-0.2, 0) is 28.8 Å². The summed E-state index contributed by atoms with van der Waals surface area (Å²) in [5, 5.41) is 33.6. The fraction of sp³-hybridized carbons (Fsp3) is 0.667. The molecule has 0 saturated heterocycles. The van der Waals surface area contributed by atoms with Gasteiger partial charge in [0.15, 0.2) is 0 Å². The molecule has 0 aromatic carbocycles. The lowest BCUT2D eigenvalue weighted by molar-refractivity contribution is -0.143. The highest BCUT2D eigenvalue weighted by atomic mass is 32.2. The van der Waals surface area contributed by atoms with Crippen LogP contribution in [0.25, 0.3) is 0 Å². The highest BCUT2D eigenvalue weighted by molar-refractivity contribution is 7.98. The molecule has 0 rings (SSSR count). The van der Waals surface area contributed by atoms with Gasteiger partial charge in [-0.3, -0.25) is 24.0 Å². The molecule has 188 valence electrons. The minimum absolute atomic E-state index is 0.307. The van der Waals surface area contributed by atoms with E-state index in [1.165, 1.54) is 11.8 Å². The van der Waals surface area contributed by atoms with Crippen LogP contribution >= 0.6 is 11.8 Å². The number of aliphatic hydroxyl groups is 1. The van der Waals surface area contributed by atoms with Crippen molar-refractivity contribution in [3.63, 3.8) is 0 Å². The van der Waals surface area contributed by atoms with Gasteiger partial charge in [-0.2, -0.15) is 11.8 Å². The molecule has 0 spiro atoms. The highest BCUT2D eigenvalue weighted by Crippen LogP contribution is 2.05. The minimum Gasteiger partial charge on any atom is -0.481 e. The maximum Gasteiger partial charge on any atom is 0.328 e. The molecule has 4 amide bonds. The average Bonchev–Trinajstić information content (AvgIpc) is 2.74. The normalized spacial score (nSPS) is 14.3. The summed E-state index contributed by atoms with van der Waals surface area (Å²) in [6, 6.07) is -5.44. The molecule has 0 aliphatic carbocycles. The van der Waals surface area contributed by atoms with Crippen LogP contribution in [0.2, 0.25) is 0 Å². The molecule has 0 aliphatic rings. The topological polar surface area (TPSA) is 251 Å². The molecular weight excluding hydrogens is 462 g/mol. The number of carboxylic acid groups (broad SMARTS) is 2. The van der Waals surface area contributed by atoms with Crippen molar-refractivity contribution in [3.05, 3.63) is 0 Å². The Morgan fingerprint density at radius 2 is 1.30 bits per heavy atom. The van der Waals surface area contributed by atoms with Gasteiger partial charge in [0.05, 0.1) is 12.6 Å². The van der Waals surface area contributed by atoms with Crippen LogP contribution in [0.15, 0.2) is 0 Å². The van der Waals surface area contributed by atoms with Gasteiger partial charge in [-0.05, 0) is 31.3 Å². The zero-order chi connectivity index (χ0) is 25.6. The smallest absolute Gasteiger partial charge is 0.328 e. The molecule has 4 atom stereocenters. The van der Waals surface area contributed by atoms with Crippen LogP contribution in [0.5, 0.6) is 0 Å². The number of nitrogens with two attached hydrogens (primary N) is 2. The number of carbonyl (C=O) groups is 6. The molecule has 0 bridgehead atoms. The van der Waals surface area contributed by atoms with Gasteiger partial charge >= 0.3 is 11.9 Å². The third kappa shape index (κ3) is 12.6. The third-order valence-electron chi connectivity index (χ3n) is 4.36. The van der Waals surface area contributed by atoms with Crippen molar-refractivity contribution >= 4 is 47.3 Å². The second-order valence-electron chi connectivity index (χ2n) is 7.03. The van der Waals surface area contributed by atoms with Crippen molar-refractivity contribution in [1.29, 1.82) is 0 Å². The van der Waals surface area contributed by atoms with E-state index in [9.17, 15) is 28.8 Å². The number of carbonyl (C=O) groups excluding carboxylic acids is 4. The van der Waals surface area contributed by atoms with Crippen molar-refractivity contribution in [1.82, 2.24) is 16.0 Å². The second kappa shape index (κ2) is 15.8. The molecule has 4 unspecified atom stereocenters. The van der Waals surface area contributed by atoms with E-state index in [4.69, 9.17) is 26.8 Å². The summed E-state index contributed by atoms with van der Waals surface area (Å²) < 4.78 is 0. The van der Waals surface area contributed by atoms with Crippen LogP contribution < -0.4 is 27.4 Å². The molecule has 15 heteroatoms. The summed E-state index contributed by atoms with van der Waals surface area (Å²) in [5.41, 5.74) is 10.8. The lowest BCUT2D eigenvalue weighted by atomic mass is 10.1. The zero-order valence-electron chi connectivity index (χ0n) is 18.1. The molecule has 14 nitrogen and oxygen atoms in total. The molecule has 0 radical (unpaired) electrons. The Labute approximate surface area is 194 Å². The fourth-order valence-corrected chi connectivity index (χ4v) is 2.97. The Morgan fingerprint density at radius 3 is 1.73 bits per heavy atom. The molecule has 0 heterocycles. The first-order valence-electron chi connectivity index (χ1n) is 9.92. The lowest BCUT2D eigenvalue weighted by Crippen LogP contribution is -2.57. The number of rotatable bonds is 17. The van der Waals surface area contributed by atoms with Crippen molar-refractivity contribution in [2.45, 2.75) is 56.3 Å². The molecule has 0 fully saturated rings.